The number of aliphatic hydroxyl groups excluding tert-OH is 5. The molecule has 2 aliphatic carbocycles. The van der Waals surface area contributed by atoms with Crippen LogP contribution in [0.1, 0.15) is 78.1 Å². The molecule has 0 bridgehead atoms. The Labute approximate surface area is 288 Å². The lowest BCUT2D eigenvalue weighted by molar-refractivity contribution is -0.306. The fourth-order valence-electron chi connectivity index (χ4n) is 8.02. The molecule has 5 unspecified atom stereocenters. The van der Waals surface area contributed by atoms with Crippen molar-refractivity contribution < 1.29 is 58.8 Å². The topological polar surface area (TPSA) is 223 Å². The van der Waals surface area contributed by atoms with Crippen LogP contribution in [0.2, 0.25) is 0 Å². The maximum atomic E-state index is 13.7. The summed E-state index contributed by atoms with van der Waals surface area (Å²) in [5.41, 5.74) is 5.70. The predicted molar refractivity (Wildman–Crippen MR) is 174 cm³/mol. The van der Waals surface area contributed by atoms with Crippen molar-refractivity contribution in [2.75, 3.05) is 32.8 Å². The van der Waals surface area contributed by atoms with Crippen LogP contribution in [0.4, 0.5) is 0 Å². The third kappa shape index (κ3) is 9.30. The molecule has 2 amide bonds. The summed E-state index contributed by atoms with van der Waals surface area (Å²) < 4.78 is 31.3. The summed E-state index contributed by atoms with van der Waals surface area (Å²) in [7, 11) is 0. The molecule has 5 fully saturated rings. The van der Waals surface area contributed by atoms with Gasteiger partial charge in [0, 0.05) is 13.1 Å². The molecule has 2 saturated carbocycles. The number of nitrogens with one attached hydrogen (secondary N) is 1. The van der Waals surface area contributed by atoms with Crippen molar-refractivity contribution in [3.8, 4) is 0 Å². The molecule has 8 N–H and O–H groups in total. The average molecular weight is 702 g/mol. The van der Waals surface area contributed by atoms with Crippen LogP contribution in [0.25, 0.3) is 0 Å². The zero-order valence-corrected chi connectivity index (χ0v) is 28.9. The highest BCUT2D eigenvalue weighted by Gasteiger charge is 2.51. The van der Waals surface area contributed by atoms with Gasteiger partial charge in [-0.3, -0.25) is 9.59 Å². The quantitative estimate of drug-likeness (QED) is 0.122. The largest absolute Gasteiger partial charge is 0.394 e. The number of nitrogens with two attached hydrogens (primary N) is 1. The first-order valence-electron chi connectivity index (χ1n) is 18.4. The molecule has 282 valence electrons. The Morgan fingerprint density at radius 3 is 2.27 bits per heavy atom. The Morgan fingerprint density at radius 2 is 1.61 bits per heavy atom. The first kappa shape index (κ1) is 38.7. The minimum Gasteiger partial charge on any atom is -0.394 e. The number of hydrogen-bond acceptors (Lipinski definition) is 13. The number of rotatable bonds is 13. The Bertz CT molecular complexity index is 1060. The van der Waals surface area contributed by atoms with E-state index >= 15 is 0 Å². The molecule has 49 heavy (non-hydrogen) atoms. The smallest absolute Gasteiger partial charge is 0.251 e. The Balaban J connectivity index is 1.36. The van der Waals surface area contributed by atoms with E-state index < -0.39 is 92.0 Å². The summed E-state index contributed by atoms with van der Waals surface area (Å²) in [4.78, 5) is 28.3. The fourth-order valence-corrected chi connectivity index (χ4v) is 8.02. The summed E-state index contributed by atoms with van der Waals surface area (Å²) in [6, 6.07) is -1.08. The molecule has 3 saturated heterocycles. The number of ether oxygens (including phenoxy) is 5. The number of carbonyl (C=O) groups excluding carboxylic acids is 2. The number of aliphatic hydroxyl groups is 5. The van der Waals surface area contributed by atoms with Crippen molar-refractivity contribution in [1.82, 2.24) is 10.2 Å². The monoisotopic (exact) mass is 701 g/mol. The first-order valence-corrected chi connectivity index (χ1v) is 18.4. The molecule has 14 atom stereocenters. The van der Waals surface area contributed by atoms with Crippen LogP contribution < -0.4 is 11.1 Å². The molecule has 15 nitrogen and oxygen atoms in total. The summed E-state index contributed by atoms with van der Waals surface area (Å²) in [5.74, 6) is -0.384. The van der Waals surface area contributed by atoms with Gasteiger partial charge in [0.2, 0.25) is 5.91 Å². The van der Waals surface area contributed by atoms with E-state index in [0.717, 1.165) is 51.4 Å². The van der Waals surface area contributed by atoms with E-state index in [4.69, 9.17) is 29.4 Å². The SMILES string of the molecule is CC1O[C@@H](CO[C@@H]2C(C)CCC[C@H]2O[C@@H]2O[C@@H](CO)[C@H](O)C(O[C@@H](CC3CCCCC3)C(=O)N3CCC3)C2NC(=O)CN)C(O)[C@@H](O)[C@@H]1O. The lowest BCUT2D eigenvalue weighted by Crippen LogP contribution is -2.68. The van der Waals surface area contributed by atoms with Crippen molar-refractivity contribution in [2.45, 2.75) is 158 Å². The standard InChI is InChI=1S/C34H59N3O12/c1-18-8-6-11-21(31(18)45-17-24-28(41)30(43)27(40)19(2)46-24)48-34-26(36-25(39)15-35)32(29(42)23(16-38)49-34)47-22(33(44)37-12-7-13-37)14-20-9-4-3-5-10-20/h18-24,26-32,34,38,40-43H,3-17,35H2,1-2H3,(H,36,39)/t18?,19?,21-,22+,23+,24+,26?,27-,28?,29+,30+,31-,32?,34-/m1/s1. The maximum Gasteiger partial charge on any atom is 0.251 e. The highest BCUT2D eigenvalue weighted by molar-refractivity contribution is 5.81. The lowest BCUT2D eigenvalue weighted by atomic mass is 9.84. The van der Waals surface area contributed by atoms with Crippen LogP contribution >= 0.6 is 0 Å². The van der Waals surface area contributed by atoms with Crippen molar-refractivity contribution >= 4 is 11.8 Å². The zero-order chi connectivity index (χ0) is 35.2. The van der Waals surface area contributed by atoms with E-state index in [1.54, 1.807) is 11.8 Å². The van der Waals surface area contributed by atoms with Crippen LogP contribution in [0.15, 0.2) is 0 Å². The number of hydrogen-bond donors (Lipinski definition) is 7. The maximum absolute atomic E-state index is 13.7. The number of amides is 2. The molecule has 15 heteroatoms. The second-order valence-electron chi connectivity index (χ2n) is 14.8. The average Bonchev–Trinajstić information content (AvgIpc) is 3.07. The van der Waals surface area contributed by atoms with Crippen molar-refractivity contribution in [3.63, 3.8) is 0 Å². The van der Waals surface area contributed by atoms with Gasteiger partial charge in [-0.15, -0.1) is 0 Å². The van der Waals surface area contributed by atoms with Crippen molar-refractivity contribution in [3.05, 3.63) is 0 Å². The van der Waals surface area contributed by atoms with Crippen LogP contribution in [0.5, 0.6) is 0 Å². The van der Waals surface area contributed by atoms with Crippen LogP contribution in [-0.4, -0.2) is 155 Å². The fraction of sp³-hybridized carbons (Fsp3) is 0.941. The second-order valence-corrected chi connectivity index (χ2v) is 14.8. The molecule has 5 rings (SSSR count). The highest BCUT2D eigenvalue weighted by Crippen LogP contribution is 2.36. The van der Waals surface area contributed by atoms with E-state index in [9.17, 15) is 35.1 Å². The van der Waals surface area contributed by atoms with Gasteiger partial charge in [0.05, 0.1) is 38.1 Å². The van der Waals surface area contributed by atoms with Crippen molar-refractivity contribution in [2.24, 2.45) is 17.6 Å². The minimum atomic E-state index is -1.39. The van der Waals surface area contributed by atoms with Crippen LogP contribution in [0, 0.1) is 11.8 Å². The molecule has 3 aliphatic heterocycles. The van der Waals surface area contributed by atoms with Gasteiger partial charge >= 0.3 is 0 Å². The predicted octanol–water partition coefficient (Wildman–Crippen LogP) is -1.08. The van der Waals surface area contributed by atoms with E-state index in [2.05, 4.69) is 5.32 Å². The Morgan fingerprint density at radius 1 is 0.878 bits per heavy atom. The third-order valence-electron chi connectivity index (χ3n) is 11.2. The van der Waals surface area contributed by atoms with Crippen molar-refractivity contribution in [1.29, 1.82) is 0 Å². The van der Waals surface area contributed by atoms with E-state index in [1.165, 1.54) is 0 Å². The minimum absolute atomic E-state index is 0.00777. The van der Waals surface area contributed by atoms with Crippen LogP contribution in [-0.2, 0) is 33.3 Å². The molecule has 0 radical (unpaired) electrons. The van der Waals surface area contributed by atoms with E-state index in [1.807, 2.05) is 6.92 Å². The van der Waals surface area contributed by atoms with Gasteiger partial charge < -0.3 is 65.2 Å². The molecule has 0 aromatic heterocycles. The molecular weight excluding hydrogens is 642 g/mol. The van der Waals surface area contributed by atoms with Crippen LogP contribution in [0.3, 0.4) is 0 Å². The molecule has 5 aliphatic rings. The summed E-state index contributed by atoms with van der Waals surface area (Å²) >= 11 is 0. The van der Waals surface area contributed by atoms with Gasteiger partial charge in [0.15, 0.2) is 6.29 Å². The van der Waals surface area contributed by atoms with Gasteiger partial charge in [-0.1, -0.05) is 45.4 Å². The number of carbonyl (C=O) groups is 2. The van der Waals surface area contributed by atoms with E-state index in [0.29, 0.717) is 31.8 Å². The summed E-state index contributed by atoms with van der Waals surface area (Å²) in [5, 5.41) is 55.6. The molecule has 3 heterocycles. The zero-order valence-electron chi connectivity index (χ0n) is 28.9. The third-order valence-corrected chi connectivity index (χ3v) is 11.2. The van der Waals surface area contributed by atoms with Gasteiger partial charge in [-0.05, 0) is 44.4 Å². The molecular formula is C34H59N3O12. The number of nitrogens with zero attached hydrogens (tertiary/aromatic N) is 1. The molecule has 0 spiro atoms. The first-order chi connectivity index (χ1) is 23.5. The van der Waals surface area contributed by atoms with Gasteiger partial charge in [0.1, 0.15) is 54.9 Å². The highest BCUT2D eigenvalue weighted by atomic mass is 16.7. The lowest BCUT2D eigenvalue weighted by Gasteiger charge is -2.48. The summed E-state index contributed by atoms with van der Waals surface area (Å²) in [6.45, 7) is 3.92. The normalized spacial score (nSPS) is 41.1. The van der Waals surface area contributed by atoms with Gasteiger partial charge in [-0.25, -0.2) is 0 Å². The summed E-state index contributed by atoms with van der Waals surface area (Å²) in [6.07, 6.45) is -3.47. The molecule has 0 aromatic carbocycles. The second kappa shape index (κ2) is 17.8. The number of likely N-dealkylation sites (tertiary alicyclic amines) is 1. The van der Waals surface area contributed by atoms with E-state index in [-0.39, 0.29) is 25.0 Å². The molecule has 0 aromatic rings. The Kier molecular flexibility index (Phi) is 14.1. The van der Waals surface area contributed by atoms with Gasteiger partial charge in [-0.2, -0.15) is 0 Å². The van der Waals surface area contributed by atoms with Gasteiger partial charge in [0.25, 0.3) is 5.91 Å². The Hall–Kier alpha value is -1.50.